The predicted molar refractivity (Wildman–Crippen MR) is 76.9 cm³/mol. The molecule has 0 amide bonds. The Kier molecular flexibility index (Phi) is 6.71. The number of methoxy groups -OCH3 is 1. The maximum atomic E-state index is 11.1. The minimum Gasteiger partial charge on any atom is -0.468 e. The van der Waals surface area contributed by atoms with E-state index in [1.54, 1.807) is 23.9 Å². The van der Waals surface area contributed by atoms with E-state index in [9.17, 15) is 4.79 Å². The number of thioether (sulfide) groups is 1. The predicted octanol–water partition coefficient (Wildman–Crippen LogP) is 2.34. The van der Waals surface area contributed by atoms with Crippen LogP contribution in [0.15, 0.2) is 18.2 Å². The first-order valence-corrected chi connectivity index (χ1v) is 7.21. The van der Waals surface area contributed by atoms with E-state index in [1.165, 1.54) is 7.11 Å². The standard InChI is InChI=1S/C13H15ClN2O2S/c1-18-13(17)12(16)4-5-19-8-10-3-2-9(7-15)6-11(10)14/h2-3,6,12H,4-5,8,16H2,1H3. The molecule has 0 aliphatic carbocycles. The molecule has 102 valence electrons. The molecule has 19 heavy (non-hydrogen) atoms. The van der Waals surface area contributed by atoms with Gasteiger partial charge in [0.25, 0.3) is 0 Å². The fourth-order valence-electron chi connectivity index (χ4n) is 1.40. The van der Waals surface area contributed by atoms with Gasteiger partial charge in [0.05, 0.1) is 18.7 Å². The van der Waals surface area contributed by atoms with Crippen molar-refractivity contribution in [1.29, 1.82) is 5.26 Å². The third kappa shape index (κ3) is 5.11. The van der Waals surface area contributed by atoms with E-state index < -0.39 is 12.0 Å². The van der Waals surface area contributed by atoms with Crippen LogP contribution >= 0.6 is 23.4 Å². The second-order valence-corrected chi connectivity index (χ2v) is 5.40. The van der Waals surface area contributed by atoms with Gasteiger partial charge in [0, 0.05) is 10.8 Å². The number of hydrogen-bond donors (Lipinski definition) is 1. The summed E-state index contributed by atoms with van der Waals surface area (Å²) in [7, 11) is 1.33. The molecule has 0 aliphatic rings. The van der Waals surface area contributed by atoms with E-state index in [4.69, 9.17) is 22.6 Å². The van der Waals surface area contributed by atoms with Gasteiger partial charge in [-0.05, 0) is 29.9 Å². The van der Waals surface area contributed by atoms with Crippen LogP contribution in [0.4, 0.5) is 0 Å². The van der Waals surface area contributed by atoms with Gasteiger partial charge in [0.1, 0.15) is 6.04 Å². The van der Waals surface area contributed by atoms with Gasteiger partial charge in [-0.2, -0.15) is 17.0 Å². The van der Waals surface area contributed by atoms with Crippen molar-refractivity contribution in [1.82, 2.24) is 0 Å². The zero-order valence-corrected chi connectivity index (χ0v) is 12.1. The molecule has 1 unspecified atom stereocenters. The van der Waals surface area contributed by atoms with Gasteiger partial charge >= 0.3 is 5.97 Å². The Morgan fingerprint density at radius 2 is 2.37 bits per heavy atom. The van der Waals surface area contributed by atoms with Crippen LogP contribution < -0.4 is 5.73 Å². The summed E-state index contributed by atoms with van der Waals surface area (Å²) in [5.41, 5.74) is 7.14. The highest BCUT2D eigenvalue weighted by molar-refractivity contribution is 7.98. The number of esters is 1. The number of benzene rings is 1. The molecule has 1 aromatic rings. The molecule has 0 saturated carbocycles. The number of carbonyl (C=O) groups excluding carboxylic acids is 1. The van der Waals surface area contributed by atoms with Crippen LogP contribution in [0.1, 0.15) is 17.5 Å². The summed E-state index contributed by atoms with van der Waals surface area (Å²) in [6.07, 6.45) is 0.561. The van der Waals surface area contributed by atoms with Gasteiger partial charge in [-0.15, -0.1) is 0 Å². The third-order valence-electron chi connectivity index (χ3n) is 2.52. The normalized spacial score (nSPS) is 11.7. The number of carbonyl (C=O) groups is 1. The Morgan fingerprint density at radius 1 is 1.63 bits per heavy atom. The van der Waals surface area contributed by atoms with Crippen LogP contribution in [0.2, 0.25) is 5.02 Å². The fraction of sp³-hybridized carbons (Fsp3) is 0.385. The quantitative estimate of drug-likeness (QED) is 0.644. The first kappa shape index (κ1) is 15.8. The van der Waals surface area contributed by atoms with Crippen molar-refractivity contribution in [2.24, 2.45) is 5.73 Å². The summed E-state index contributed by atoms with van der Waals surface area (Å²) in [6, 6.07) is 6.69. The highest BCUT2D eigenvalue weighted by atomic mass is 35.5. The van der Waals surface area contributed by atoms with E-state index >= 15 is 0 Å². The van der Waals surface area contributed by atoms with E-state index in [0.717, 1.165) is 17.1 Å². The number of hydrogen-bond acceptors (Lipinski definition) is 5. The lowest BCUT2D eigenvalue weighted by molar-refractivity contribution is -0.142. The Bertz CT molecular complexity index is 488. The van der Waals surface area contributed by atoms with Gasteiger partial charge in [-0.25, -0.2) is 0 Å². The minimum atomic E-state index is -0.575. The molecule has 0 bridgehead atoms. The summed E-state index contributed by atoms with van der Waals surface area (Å²) in [6.45, 7) is 0. The number of ether oxygens (including phenoxy) is 1. The Hall–Kier alpha value is -1.22. The van der Waals surface area contributed by atoms with Crippen LogP contribution in [0.25, 0.3) is 0 Å². The van der Waals surface area contributed by atoms with E-state index in [2.05, 4.69) is 4.74 Å². The lowest BCUT2D eigenvalue weighted by Gasteiger charge is -2.09. The average Bonchev–Trinajstić information content (AvgIpc) is 2.43. The minimum absolute atomic E-state index is 0.392. The molecule has 0 aliphatic heterocycles. The molecular formula is C13H15ClN2O2S. The zero-order valence-electron chi connectivity index (χ0n) is 10.6. The number of nitriles is 1. The average molecular weight is 299 g/mol. The van der Waals surface area contributed by atoms with Gasteiger partial charge in [0.15, 0.2) is 0 Å². The number of halogens is 1. The van der Waals surface area contributed by atoms with Gasteiger partial charge in [-0.3, -0.25) is 4.79 Å². The topological polar surface area (TPSA) is 76.1 Å². The largest absolute Gasteiger partial charge is 0.468 e. The fourth-order valence-corrected chi connectivity index (χ4v) is 2.76. The molecule has 4 nitrogen and oxygen atoms in total. The van der Waals surface area contributed by atoms with Gasteiger partial charge < -0.3 is 10.5 Å². The van der Waals surface area contributed by atoms with Crippen molar-refractivity contribution < 1.29 is 9.53 Å². The van der Waals surface area contributed by atoms with E-state index in [1.807, 2.05) is 12.1 Å². The van der Waals surface area contributed by atoms with Crippen LogP contribution in [-0.4, -0.2) is 24.9 Å². The lowest BCUT2D eigenvalue weighted by atomic mass is 10.2. The Balaban J connectivity index is 2.38. The first-order valence-electron chi connectivity index (χ1n) is 5.68. The summed E-state index contributed by atoms with van der Waals surface area (Å²) in [4.78, 5) is 11.1. The molecule has 0 saturated heterocycles. The van der Waals surface area contributed by atoms with Crippen molar-refractivity contribution in [2.45, 2.75) is 18.2 Å². The van der Waals surface area contributed by atoms with Crippen molar-refractivity contribution in [3.63, 3.8) is 0 Å². The third-order valence-corrected chi connectivity index (χ3v) is 3.91. The van der Waals surface area contributed by atoms with Crippen molar-refractivity contribution >= 4 is 29.3 Å². The Morgan fingerprint density at radius 3 is 2.95 bits per heavy atom. The molecule has 0 aromatic heterocycles. The van der Waals surface area contributed by atoms with Crippen LogP contribution in [-0.2, 0) is 15.3 Å². The zero-order chi connectivity index (χ0) is 14.3. The van der Waals surface area contributed by atoms with Crippen molar-refractivity contribution in [2.75, 3.05) is 12.9 Å². The molecule has 1 rings (SSSR count). The molecule has 6 heteroatoms. The number of nitrogens with two attached hydrogens (primary N) is 1. The second-order valence-electron chi connectivity index (χ2n) is 3.89. The van der Waals surface area contributed by atoms with E-state index in [-0.39, 0.29) is 0 Å². The Labute approximate surface area is 121 Å². The molecule has 0 fully saturated rings. The molecule has 1 aromatic carbocycles. The summed E-state index contributed by atoms with van der Waals surface area (Å²) in [5, 5.41) is 9.32. The van der Waals surface area contributed by atoms with Gasteiger partial charge in [-0.1, -0.05) is 17.7 Å². The number of rotatable bonds is 6. The SMILES string of the molecule is COC(=O)C(N)CCSCc1ccc(C#N)cc1Cl. The maximum Gasteiger partial charge on any atom is 0.322 e. The molecule has 1 atom stereocenters. The number of nitrogens with zero attached hydrogens (tertiary/aromatic N) is 1. The van der Waals surface area contributed by atoms with E-state index in [0.29, 0.717) is 17.0 Å². The summed E-state index contributed by atoms with van der Waals surface area (Å²) in [5.74, 6) is 1.07. The molecule has 0 heterocycles. The molecular weight excluding hydrogens is 284 g/mol. The highest BCUT2D eigenvalue weighted by Gasteiger charge is 2.12. The first-order chi connectivity index (χ1) is 9.08. The summed E-state index contributed by atoms with van der Waals surface area (Å²) >= 11 is 7.69. The monoisotopic (exact) mass is 298 g/mol. The van der Waals surface area contributed by atoms with Crippen LogP contribution in [0, 0.1) is 11.3 Å². The second kappa shape index (κ2) is 8.05. The smallest absolute Gasteiger partial charge is 0.322 e. The van der Waals surface area contributed by atoms with Crippen molar-refractivity contribution in [3.05, 3.63) is 34.3 Å². The van der Waals surface area contributed by atoms with Crippen LogP contribution in [0.3, 0.4) is 0 Å². The highest BCUT2D eigenvalue weighted by Crippen LogP contribution is 2.23. The maximum absolute atomic E-state index is 11.1. The summed E-state index contributed by atoms with van der Waals surface area (Å²) < 4.78 is 4.55. The molecule has 2 N–H and O–H groups in total. The van der Waals surface area contributed by atoms with Crippen molar-refractivity contribution in [3.8, 4) is 6.07 Å². The lowest BCUT2D eigenvalue weighted by Crippen LogP contribution is -2.31. The van der Waals surface area contributed by atoms with Crippen LogP contribution in [0.5, 0.6) is 0 Å². The van der Waals surface area contributed by atoms with Gasteiger partial charge in [0.2, 0.25) is 0 Å². The molecule has 0 spiro atoms. The molecule has 0 radical (unpaired) electrons.